The van der Waals surface area contributed by atoms with Crippen LogP contribution in [0.1, 0.15) is 26.4 Å². The van der Waals surface area contributed by atoms with E-state index in [1.165, 1.54) is 23.7 Å². The third-order valence-corrected chi connectivity index (χ3v) is 4.72. The minimum Gasteiger partial charge on any atom is -0.355 e. The van der Waals surface area contributed by atoms with Gasteiger partial charge in [-0.2, -0.15) is 0 Å². The van der Waals surface area contributed by atoms with Gasteiger partial charge < -0.3 is 10.6 Å². The summed E-state index contributed by atoms with van der Waals surface area (Å²) in [5, 5.41) is 6.39. The van der Waals surface area contributed by atoms with Crippen molar-refractivity contribution in [1.82, 2.24) is 14.9 Å². The second-order valence-electron chi connectivity index (χ2n) is 5.90. The standard InChI is InChI=1S/C19H15Cl3N4O2/c1-10-6-11(20)7-13(18(27)23-2)16(10)25-19(28)15-8-12(21)9-26(15)17-14(22)4-3-5-24-17/h3-9H,1-2H3,(H,23,27)(H,25,28). The molecule has 3 rings (SSSR count). The molecule has 0 saturated carbocycles. The van der Waals surface area contributed by atoms with E-state index in [1.54, 1.807) is 37.5 Å². The number of aryl methyl sites for hydroxylation is 1. The molecule has 0 saturated heterocycles. The highest BCUT2D eigenvalue weighted by molar-refractivity contribution is 6.33. The molecule has 0 spiro atoms. The topological polar surface area (TPSA) is 76.0 Å². The highest BCUT2D eigenvalue weighted by atomic mass is 35.5. The quantitative estimate of drug-likeness (QED) is 0.618. The first-order valence-corrected chi connectivity index (χ1v) is 9.27. The van der Waals surface area contributed by atoms with Gasteiger partial charge >= 0.3 is 0 Å². The van der Waals surface area contributed by atoms with Crippen LogP contribution in [0, 0.1) is 6.92 Å². The van der Waals surface area contributed by atoms with Crippen LogP contribution in [0.25, 0.3) is 5.82 Å². The maximum absolute atomic E-state index is 13.0. The number of carbonyl (C=O) groups is 2. The number of hydrogen-bond donors (Lipinski definition) is 2. The zero-order chi connectivity index (χ0) is 20.4. The Morgan fingerprint density at radius 1 is 1.07 bits per heavy atom. The number of nitrogens with zero attached hydrogens (tertiary/aromatic N) is 2. The maximum atomic E-state index is 13.0. The smallest absolute Gasteiger partial charge is 0.272 e. The number of nitrogens with one attached hydrogen (secondary N) is 2. The lowest BCUT2D eigenvalue weighted by Crippen LogP contribution is -2.23. The van der Waals surface area contributed by atoms with E-state index in [2.05, 4.69) is 15.6 Å². The summed E-state index contributed by atoms with van der Waals surface area (Å²) >= 11 is 18.4. The zero-order valence-corrected chi connectivity index (χ0v) is 17.2. The molecule has 2 heterocycles. The molecule has 9 heteroatoms. The summed E-state index contributed by atoms with van der Waals surface area (Å²) in [6.07, 6.45) is 3.10. The molecule has 0 fully saturated rings. The molecule has 0 unspecified atom stereocenters. The molecule has 0 aliphatic rings. The fraction of sp³-hybridized carbons (Fsp3) is 0.105. The van der Waals surface area contributed by atoms with Crippen molar-refractivity contribution in [2.24, 2.45) is 0 Å². The first-order chi connectivity index (χ1) is 13.3. The molecule has 2 N–H and O–H groups in total. The van der Waals surface area contributed by atoms with Crippen LogP contribution in [0.3, 0.4) is 0 Å². The number of aromatic nitrogens is 2. The van der Waals surface area contributed by atoms with Gasteiger partial charge in [0.05, 0.1) is 21.3 Å². The van der Waals surface area contributed by atoms with E-state index in [1.807, 2.05) is 0 Å². The van der Waals surface area contributed by atoms with Gasteiger partial charge in [-0.15, -0.1) is 0 Å². The van der Waals surface area contributed by atoms with Crippen LogP contribution in [0.15, 0.2) is 42.7 Å². The molecule has 28 heavy (non-hydrogen) atoms. The van der Waals surface area contributed by atoms with Gasteiger partial charge in [-0.25, -0.2) is 4.98 Å². The summed E-state index contributed by atoms with van der Waals surface area (Å²) in [6.45, 7) is 1.75. The molecule has 0 radical (unpaired) electrons. The molecule has 2 amide bonds. The molecular formula is C19H15Cl3N4O2. The van der Waals surface area contributed by atoms with Gasteiger partial charge in [0.2, 0.25) is 0 Å². The SMILES string of the molecule is CNC(=O)c1cc(Cl)cc(C)c1NC(=O)c1cc(Cl)cn1-c1ncccc1Cl. The van der Waals surface area contributed by atoms with Crippen LogP contribution in [-0.2, 0) is 0 Å². The van der Waals surface area contributed by atoms with Gasteiger partial charge in [0.1, 0.15) is 5.69 Å². The van der Waals surface area contributed by atoms with E-state index in [-0.39, 0.29) is 17.2 Å². The normalized spacial score (nSPS) is 10.6. The highest BCUT2D eigenvalue weighted by Gasteiger charge is 2.21. The monoisotopic (exact) mass is 436 g/mol. The lowest BCUT2D eigenvalue weighted by atomic mass is 10.1. The number of amides is 2. The average Bonchev–Trinajstić information content (AvgIpc) is 3.05. The number of benzene rings is 1. The van der Waals surface area contributed by atoms with Gasteiger partial charge in [0.15, 0.2) is 5.82 Å². The number of hydrogen-bond acceptors (Lipinski definition) is 3. The summed E-state index contributed by atoms with van der Waals surface area (Å²) in [4.78, 5) is 29.4. The van der Waals surface area contributed by atoms with Crippen LogP contribution in [0.4, 0.5) is 5.69 Å². The Balaban J connectivity index is 2.05. The lowest BCUT2D eigenvalue weighted by Gasteiger charge is -2.15. The van der Waals surface area contributed by atoms with E-state index < -0.39 is 5.91 Å². The number of anilines is 1. The molecule has 0 atom stereocenters. The Morgan fingerprint density at radius 2 is 1.82 bits per heavy atom. The summed E-state index contributed by atoms with van der Waals surface area (Å²) in [6, 6.07) is 7.98. The van der Waals surface area contributed by atoms with E-state index >= 15 is 0 Å². The van der Waals surface area contributed by atoms with Crippen molar-refractivity contribution in [1.29, 1.82) is 0 Å². The van der Waals surface area contributed by atoms with E-state index in [4.69, 9.17) is 34.8 Å². The van der Waals surface area contributed by atoms with Crippen LogP contribution in [0.2, 0.25) is 15.1 Å². The third-order valence-electron chi connectivity index (χ3n) is 4.00. The molecule has 0 bridgehead atoms. The van der Waals surface area contributed by atoms with Crippen molar-refractivity contribution in [3.8, 4) is 5.82 Å². The molecule has 2 aromatic heterocycles. The van der Waals surface area contributed by atoms with Crippen molar-refractivity contribution < 1.29 is 9.59 Å². The van der Waals surface area contributed by atoms with Crippen molar-refractivity contribution in [2.75, 3.05) is 12.4 Å². The predicted octanol–water partition coefficient (Wildman–Crippen LogP) is 4.75. The van der Waals surface area contributed by atoms with Gasteiger partial charge in [-0.05, 0) is 42.8 Å². The van der Waals surface area contributed by atoms with Crippen LogP contribution in [-0.4, -0.2) is 28.4 Å². The van der Waals surface area contributed by atoms with Gasteiger partial charge in [-0.3, -0.25) is 14.2 Å². The fourth-order valence-corrected chi connectivity index (χ4v) is 3.42. The zero-order valence-electron chi connectivity index (χ0n) is 14.9. The Morgan fingerprint density at radius 3 is 2.50 bits per heavy atom. The predicted molar refractivity (Wildman–Crippen MR) is 111 cm³/mol. The highest BCUT2D eigenvalue weighted by Crippen LogP contribution is 2.28. The average molecular weight is 438 g/mol. The first kappa shape index (κ1) is 20.2. The number of pyridine rings is 1. The van der Waals surface area contributed by atoms with Crippen molar-refractivity contribution in [3.63, 3.8) is 0 Å². The van der Waals surface area contributed by atoms with Crippen LogP contribution >= 0.6 is 34.8 Å². The van der Waals surface area contributed by atoms with Crippen molar-refractivity contribution in [2.45, 2.75) is 6.92 Å². The number of carbonyl (C=O) groups excluding carboxylic acids is 2. The lowest BCUT2D eigenvalue weighted by molar-refractivity contribution is 0.0964. The maximum Gasteiger partial charge on any atom is 0.272 e. The van der Waals surface area contributed by atoms with Crippen molar-refractivity contribution in [3.05, 3.63) is 74.6 Å². The third kappa shape index (κ3) is 3.99. The Hall–Kier alpha value is -2.54. The van der Waals surface area contributed by atoms with Gasteiger partial charge in [-0.1, -0.05) is 34.8 Å². The Kier molecular flexibility index (Phi) is 5.93. The Bertz CT molecular complexity index is 1080. The largest absolute Gasteiger partial charge is 0.355 e. The second kappa shape index (κ2) is 8.22. The summed E-state index contributed by atoms with van der Waals surface area (Å²) in [7, 11) is 1.50. The van der Waals surface area contributed by atoms with E-state index in [9.17, 15) is 9.59 Å². The molecule has 1 aromatic carbocycles. The summed E-state index contributed by atoms with van der Waals surface area (Å²) in [5.74, 6) is -0.494. The summed E-state index contributed by atoms with van der Waals surface area (Å²) in [5.41, 5.74) is 1.45. The number of halogens is 3. The van der Waals surface area contributed by atoms with E-state index in [0.29, 0.717) is 32.1 Å². The molecule has 0 aliphatic heterocycles. The molecular weight excluding hydrogens is 423 g/mol. The minimum absolute atomic E-state index is 0.211. The van der Waals surface area contributed by atoms with Crippen molar-refractivity contribution >= 4 is 52.3 Å². The van der Waals surface area contributed by atoms with Gasteiger partial charge in [0, 0.05) is 24.5 Å². The first-order valence-electron chi connectivity index (χ1n) is 8.14. The molecule has 6 nitrogen and oxygen atoms in total. The van der Waals surface area contributed by atoms with Crippen LogP contribution < -0.4 is 10.6 Å². The second-order valence-corrected chi connectivity index (χ2v) is 7.18. The molecule has 0 aliphatic carbocycles. The van der Waals surface area contributed by atoms with Crippen LogP contribution in [0.5, 0.6) is 0 Å². The fourth-order valence-electron chi connectivity index (χ4n) is 2.74. The Labute approximate surface area is 176 Å². The van der Waals surface area contributed by atoms with E-state index in [0.717, 1.165) is 0 Å². The summed E-state index contributed by atoms with van der Waals surface area (Å²) < 4.78 is 1.49. The number of rotatable bonds is 4. The molecule has 3 aromatic rings. The molecule has 144 valence electrons. The minimum atomic E-state index is -0.482. The van der Waals surface area contributed by atoms with Gasteiger partial charge in [0.25, 0.3) is 11.8 Å².